The van der Waals surface area contributed by atoms with Crippen LogP contribution in [-0.2, 0) is 16.4 Å². The van der Waals surface area contributed by atoms with E-state index in [4.69, 9.17) is 9.97 Å². The Bertz CT molecular complexity index is 1240. The highest BCUT2D eigenvalue weighted by molar-refractivity contribution is 7.84. The third-order valence-corrected chi connectivity index (χ3v) is 7.95. The van der Waals surface area contributed by atoms with E-state index in [0.29, 0.717) is 30.2 Å². The largest absolute Gasteiger partial charge is 0.382 e. The molecule has 0 saturated carbocycles. The van der Waals surface area contributed by atoms with Gasteiger partial charge in [-0.15, -0.1) is 0 Å². The van der Waals surface area contributed by atoms with Crippen LogP contribution in [0.25, 0.3) is 10.8 Å². The number of fused-ring (bicyclic) bond motifs is 1. The zero-order valence-corrected chi connectivity index (χ0v) is 21.4. The summed E-state index contributed by atoms with van der Waals surface area (Å²) in [7, 11) is -0.861. The number of rotatable bonds is 7. The Morgan fingerprint density at radius 3 is 2.60 bits per heavy atom. The molecule has 0 bridgehead atoms. The quantitative estimate of drug-likeness (QED) is 0.459. The van der Waals surface area contributed by atoms with Crippen LogP contribution < -0.4 is 15.5 Å². The normalized spacial score (nSPS) is 20.6. The minimum atomic E-state index is -1.02. The first kappa shape index (κ1) is 24.1. The van der Waals surface area contributed by atoms with E-state index in [-0.39, 0.29) is 12.0 Å². The van der Waals surface area contributed by atoms with E-state index < -0.39 is 16.4 Å². The molecule has 3 aromatic rings. The molecule has 0 aliphatic carbocycles. The van der Waals surface area contributed by atoms with Gasteiger partial charge in [-0.2, -0.15) is 0 Å². The monoisotopic (exact) mass is 494 g/mol. The Hall–Kier alpha value is -2.62. The minimum absolute atomic E-state index is 0.231. The van der Waals surface area contributed by atoms with Crippen molar-refractivity contribution in [3.63, 3.8) is 0 Å². The van der Waals surface area contributed by atoms with Crippen LogP contribution in [-0.4, -0.2) is 62.0 Å². The fraction of sp³-hybridized carbons (Fsp3) is 0.500. The van der Waals surface area contributed by atoms with E-state index in [1.807, 2.05) is 12.1 Å². The van der Waals surface area contributed by atoms with E-state index in [2.05, 4.69) is 52.6 Å². The van der Waals surface area contributed by atoms with Gasteiger partial charge in [-0.1, -0.05) is 38.1 Å². The van der Waals surface area contributed by atoms with Gasteiger partial charge in [0.2, 0.25) is 0 Å². The Labute approximate surface area is 209 Å². The van der Waals surface area contributed by atoms with Crippen molar-refractivity contribution in [3.05, 3.63) is 47.9 Å². The maximum atomic E-state index is 11.9. The molecule has 2 aliphatic heterocycles. The van der Waals surface area contributed by atoms with Gasteiger partial charge in [-0.3, -0.25) is 4.21 Å². The highest BCUT2D eigenvalue weighted by Crippen LogP contribution is 2.40. The van der Waals surface area contributed by atoms with Gasteiger partial charge in [-0.25, -0.2) is 15.0 Å². The van der Waals surface area contributed by atoms with Crippen molar-refractivity contribution < 1.29 is 9.32 Å². The summed E-state index contributed by atoms with van der Waals surface area (Å²) in [6, 6.07) is 10.4. The van der Waals surface area contributed by atoms with Gasteiger partial charge < -0.3 is 20.6 Å². The molecule has 35 heavy (non-hydrogen) atoms. The van der Waals surface area contributed by atoms with E-state index in [1.54, 1.807) is 12.5 Å². The fourth-order valence-electron chi connectivity index (χ4n) is 5.17. The molecule has 5 rings (SSSR count). The lowest BCUT2D eigenvalue weighted by Gasteiger charge is -2.42. The molecule has 0 spiro atoms. The molecule has 0 amide bonds. The van der Waals surface area contributed by atoms with E-state index in [1.165, 1.54) is 0 Å². The molecule has 1 unspecified atom stereocenters. The van der Waals surface area contributed by atoms with Crippen LogP contribution in [0.5, 0.6) is 0 Å². The predicted molar refractivity (Wildman–Crippen MR) is 142 cm³/mol. The first-order valence-electron chi connectivity index (χ1n) is 12.4. The lowest BCUT2D eigenvalue weighted by Crippen LogP contribution is -2.51. The van der Waals surface area contributed by atoms with Gasteiger partial charge in [-0.05, 0) is 49.7 Å². The lowest BCUT2D eigenvalue weighted by atomic mass is 9.91. The first-order chi connectivity index (χ1) is 16.9. The van der Waals surface area contributed by atoms with Gasteiger partial charge in [0.05, 0.1) is 0 Å². The molecule has 3 N–H and O–H groups in total. The van der Waals surface area contributed by atoms with Crippen molar-refractivity contribution in [2.24, 2.45) is 0 Å². The molecule has 2 atom stereocenters. The summed E-state index contributed by atoms with van der Waals surface area (Å²) < 4.78 is 11.9. The van der Waals surface area contributed by atoms with Crippen LogP contribution in [0.2, 0.25) is 0 Å². The van der Waals surface area contributed by atoms with Crippen LogP contribution >= 0.6 is 0 Å². The van der Waals surface area contributed by atoms with E-state index in [9.17, 15) is 9.32 Å². The summed E-state index contributed by atoms with van der Waals surface area (Å²) in [4.78, 5) is 16.5. The van der Waals surface area contributed by atoms with Gasteiger partial charge in [0.25, 0.3) is 0 Å². The number of hydrogen-bond acceptors (Lipinski definition) is 8. The van der Waals surface area contributed by atoms with E-state index in [0.717, 1.165) is 54.0 Å². The molecule has 4 heterocycles. The molecular weight excluding hydrogens is 460 g/mol. The van der Waals surface area contributed by atoms with Crippen molar-refractivity contribution in [2.75, 3.05) is 41.9 Å². The van der Waals surface area contributed by atoms with Crippen LogP contribution in [0.15, 0.2) is 36.5 Å². The van der Waals surface area contributed by atoms with Crippen molar-refractivity contribution in [1.29, 1.82) is 0 Å². The maximum absolute atomic E-state index is 11.9. The van der Waals surface area contributed by atoms with Crippen molar-refractivity contribution in [2.45, 2.75) is 50.7 Å². The summed E-state index contributed by atoms with van der Waals surface area (Å²) in [5, 5.41) is 20.1. The minimum Gasteiger partial charge on any atom is -0.382 e. The third kappa shape index (κ3) is 4.77. The van der Waals surface area contributed by atoms with Crippen molar-refractivity contribution >= 4 is 39.0 Å². The number of aliphatic hydroxyl groups is 1. The summed E-state index contributed by atoms with van der Waals surface area (Å²) in [5.41, 5.74) is 0.105. The van der Waals surface area contributed by atoms with Crippen molar-refractivity contribution in [1.82, 2.24) is 20.3 Å². The van der Waals surface area contributed by atoms with E-state index >= 15 is 0 Å². The number of benzene rings is 1. The highest BCUT2D eigenvalue weighted by Gasteiger charge is 2.35. The van der Waals surface area contributed by atoms with Gasteiger partial charge >= 0.3 is 0 Å². The molecule has 2 saturated heterocycles. The predicted octanol–water partition coefficient (Wildman–Crippen LogP) is 3.42. The molecule has 2 aliphatic rings. The third-order valence-electron chi connectivity index (χ3n) is 7.10. The number of aromatic nitrogens is 3. The first-order valence-corrected chi connectivity index (χ1v) is 14.1. The number of piperidine rings is 1. The van der Waals surface area contributed by atoms with Gasteiger partial charge in [0, 0.05) is 52.5 Å². The summed E-state index contributed by atoms with van der Waals surface area (Å²) in [6.07, 6.45) is 5.65. The van der Waals surface area contributed by atoms with Crippen LogP contribution in [0.4, 0.5) is 17.5 Å². The second-order valence-corrected chi connectivity index (χ2v) is 11.4. The molecule has 0 radical (unpaired) electrons. The van der Waals surface area contributed by atoms with Crippen LogP contribution in [0, 0.1) is 0 Å². The molecule has 9 heteroatoms. The van der Waals surface area contributed by atoms with Gasteiger partial charge in [0.1, 0.15) is 23.1 Å². The maximum Gasteiger partial charge on any atom is 0.162 e. The topological polar surface area (TPSA) is 103 Å². The average Bonchev–Trinajstić information content (AvgIpc) is 2.82. The molecule has 8 nitrogen and oxygen atoms in total. The number of hydrogen-bond donors (Lipinski definition) is 3. The fourth-order valence-corrected chi connectivity index (χ4v) is 6.06. The van der Waals surface area contributed by atoms with Crippen LogP contribution in [0.1, 0.15) is 50.4 Å². The Morgan fingerprint density at radius 1 is 1.20 bits per heavy atom. The summed E-state index contributed by atoms with van der Waals surface area (Å²) >= 11 is 0. The zero-order chi connectivity index (χ0) is 24.6. The second kappa shape index (κ2) is 9.79. The molecule has 1 aromatic carbocycles. The lowest BCUT2D eigenvalue weighted by molar-refractivity contribution is -0.00239. The smallest absolute Gasteiger partial charge is 0.162 e. The Kier molecular flexibility index (Phi) is 6.74. The molecular formula is C26H34N6O2S. The molecule has 186 valence electrons. The zero-order valence-electron chi connectivity index (χ0n) is 20.6. The number of nitrogens with zero attached hydrogens (tertiary/aromatic N) is 4. The molecule has 2 aromatic heterocycles. The number of nitrogens with one attached hydrogen (secondary N) is 2. The Morgan fingerprint density at radius 2 is 1.94 bits per heavy atom. The average molecular weight is 495 g/mol. The highest BCUT2D eigenvalue weighted by atomic mass is 32.2. The van der Waals surface area contributed by atoms with Crippen LogP contribution in [0.3, 0.4) is 0 Å². The second-order valence-electron chi connectivity index (χ2n) is 9.95. The number of anilines is 3. The van der Waals surface area contributed by atoms with Gasteiger partial charge in [0.15, 0.2) is 5.82 Å². The number of pyridine rings is 1. The summed E-state index contributed by atoms with van der Waals surface area (Å²) in [5.74, 6) is 3.62. The van der Waals surface area contributed by atoms with Crippen molar-refractivity contribution in [3.8, 4) is 0 Å². The Balaban J connectivity index is 1.57. The summed E-state index contributed by atoms with van der Waals surface area (Å²) in [6.45, 7) is 6.72. The SMILES string of the molecule is CC(C)c1c(Nc2ccnc(C3(O)CCNCC3)n2)nc(N2CC[C@H]2CS(C)=O)c2ccccc12. The molecule has 2 fully saturated rings. The standard InChI is InChI=1S/C26H34N6O2S/c1-17(2)22-19-6-4-5-7-20(19)24(32-15-9-18(32)16-35(3)34)31-23(22)29-21-8-12-28-25(30-21)26(33)10-13-27-14-11-26/h4-8,12,17-18,27,33H,9-11,13-16H2,1-3H3,(H,28,29,30,31)/t18-,35?/m0/s1.